The van der Waals surface area contributed by atoms with Crippen LogP contribution in [0.1, 0.15) is 11.1 Å². The normalized spacial score (nSPS) is 10.8. The number of nitrogens with zero attached hydrogens (tertiary/aromatic N) is 3. The lowest BCUT2D eigenvalue weighted by atomic mass is 10.1. The standard InChI is InChI=1S/C18H18BrN3OS/c1-12-6-4-5-7-14(12)17-20-21-18(22(17)2)24-11-13-8-9-16(23-3)15(19)10-13/h4-10H,11H2,1-3H3. The Kier molecular flexibility index (Phi) is 5.26. The third-order valence-electron chi connectivity index (χ3n) is 3.81. The van der Waals surface area contributed by atoms with Crippen LogP contribution in [-0.2, 0) is 12.8 Å². The lowest BCUT2D eigenvalue weighted by Gasteiger charge is -2.07. The number of hydrogen-bond donors (Lipinski definition) is 0. The first-order chi connectivity index (χ1) is 11.6. The number of aryl methyl sites for hydroxylation is 1. The number of aromatic nitrogens is 3. The van der Waals surface area contributed by atoms with Crippen molar-refractivity contribution in [3.8, 4) is 17.1 Å². The molecule has 0 saturated carbocycles. The molecular weight excluding hydrogens is 386 g/mol. The van der Waals surface area contributed by atoms with Gasteiger partial charge in [-0.2, -0.15) is 0 Å². The van der Waals surface area contributed by atoms with E-state index in [1.54, 1.807) is 18.9 Å². The molecule has 0 saturated heterocycles. The molecule has 0 N–H and O–H groups in total. The number of methoxy groups -OCH3 is 1. The van der Waals surface area contributed by atoms with E-state index in [-0.39, 0.29) is 0 Å². The van der Waals surface area contributed by atoms with Crippen LogP contribution in [0.2, 0.25) is 0 Å². The lowest BCUT2D eigenvalue weighted by molar-refractivity contribution is 0.412. The van der Waals surface area contributed by atoms with Crippen molar-refractivity contribution in [2.45, 2.75) is 17.8 Å². The number of thioether (sulfide) groups is 1. The van der Waals surface area contributed by atoms with Crippen LogP contribution in [-0.4, -0.2) is 21.9 Å². The Balaban J connectivity index is 1.78. The van der Waals surface area contributed by atoms with Crippen molar-refractivity contribution in [1.29, 1.82) is 0 Å². The molecule has 0 aliphatic carbocycles. The van der Waals surface area contributed by atoms with E-state index < -0.39 is 0 Å². The maximum atomic E-state index is 5.27. The molecular formula is C18H18BrN3OS. The minimum Gasteiger partial charge on any atom is -0.496 e. The van der Waals surface area contributed by atoms with Crippen molar-refractivity contribution < 1.29 is 4.74 Å². The van der Waals surface area contributed by atoms with E-state index >= 15 is 0 Å². The maximum absolute atomic E-state index is 5.27. The minimum absolute atomic E-state index is 0.822. The van der Waals surface area contributed by atoms with E-state index in [4.69, 9.17) is 4.74 Å². The van der Waals surface area contributed by atoms with Crippen molar-refractivity contribution in [3.05, 3.63) is 58.1 Å². The first kappa shape index (κ1) is 17.0. The Labute approximate surface area is 154 Å². The molecule has 4 nitrogen and oxygen atoms in total. The van der Waals surface area contributed by atoms with Crippen molar-refractivity contribution >= 4 is 27.7 Å². The highest BCUT2D eigenvalue weighted by Gasteiger charge is 2.13. The molecule has 0 fully saturated rings. The van der Waals surface area contributed by atoms with E-state index in [0.717, 1.165) is 32.5 Å². The van der Waals surface area contributed by atoms with Gasteiger partial charge < -0.3 is 9.30 Å². The average molecular weight is 404 g/mol. The van der Waals surface area contributed by atoms with Crippen LogP contribution in [0.25, 0.3) is 11.4 Å². The van der Waals surface area contributed by atoms with E-state index in [0.29, 0.717) is 0 Å². The van der Waals surface area contributed by atoms with Gasteiger partial charge in [-0.15, -0.1) is 10.2 Å². The predicted molar refractivity (Wildman–Crippen MR) is 101 cm³/mol. The molecule has 6 heteroatoms. The van der Waals surface area contributed by atoms with Gasteiger partial charge in [-0.1, -0.05) is 42.1 Å². The number of hydrogen-bond acceptors (Lipinski definition) is 4. The Morgan fingerprint density at radius 2 is 1.96 bits per heavy atom. The Morgan fingerprint density at radius 1 is 1.17 bits per heavy atom. The van der Waals surface area contributed by atoms with E-state index in [1.165, 1.54) is 11.1 Å². The zero-order chi connectivity index (χ0) is 17.1. The molecule has 3 rings (SSSR count). The van der Waals surface area contributed by atoms with Crippen molar-refractivity contribution in [1.82, 2.24) is 14.8 Å². The smallest absolute Gasteiger partial charge is 0.191 e. The van der Waals surface area contributed by atoms with Gasteiger partial charge in [0.05, 0.1) is 11.6 Å². The monoisotopic (exact) mass is 403 g/mol. The molecule has 0 aliphatic heterocycles. The van der Waals surface area contributed by atoms with Gasteiger partial charge in [0.25, 0.3) is 0 Å². The van der Waals surface area contributed by atoms with Crippen LogP contribution in [0.3, 0.4) is 0 Å². The van der Waals surface area contributed by atoms with Gasteiger partial charge in [0.2, 0.25) is 0 Å². The molecule has 3 aromatic rings. The molecule has 0 aliphatic rings. The molecule has 0 spiro atoms. The number of ether oxygens (including phenoxy) is 1. The summed E-state index contributed by atoms with van der Waals surface area (Å²) in [5.74, 6) is 2.55. The molecule has 1 aromatic heterocycles. The molecule has 0 atom stereocenters. The largest absolute Gasteiger partial charge is 0.496 e. The summed E-state index contributed by atoms with van der Waals surface area (Å²) in [6.45, 7) is 2.09. The number of halogens is 1. The quantitative estimate of drug-likeness (QED) is 0.570. The van der Waals surface area contributed by atoms with Crippen molar-refractivity contribution in [2.75, 3.05) is 7.11 Å². The third kappa shape index (κ3) is 3.49. The molecule has 0 unspecified atom stereocenters. The summed E-state index contributed by atoms with van der Waals surface area (Å²) in [5.41, 5.74) is 3.52. The van der Waals surface area contributed by atoms with E-state index in [1.807, 2.05) is 29.8 Å². The predicted octanol–water partition coefficient (Wildman–Crippen LogP) is 4.85. The molecule has 0 radical (unpaired) electrons. The maximum Gasteiger partial charge on any atom is 0.191 e. The fraction of sp³-hybridized carbons (Fsp3) is 0.222. The SMILES string of the molecule is COc1ccc(CSc2nnc(-c3ccccc3C)n2C)cc1Br. The molecule has 0 bridgehead atoms. The second-order valence-corrected chi connectivity index (χ2v) is 7.23. The Hall–Kier alpha value is -1.79. The van der Waals surface area contributed by atoms with Gasteiger partial charge in [0, 0.05) is 18.4 Å². The summed E-state index contributed by atoms with van der Waals surface area (Å²) in [6, 6.07) is 14.3. The Bertz CT molecular complexity index is 863. The number of rotatable bonds is 5. The summed E-state index contributed by atoms with van der Waals surface area (Å²) in [6.07, 6.45) is 0. The molecule has 124 valence electrons. The second-order valence-electron chi connectivity index (χ2n) is 5.44. The van der Waals surface area contributed by atoms with Crippen LogP contribution in [0, 0.1) is 6.92 Å². The molecule has 0 amide bonds. The highest BCUT2D eigenvalue weighted by Crippen LogP contribution is 2.30. The first-order valence-electron chi connectivity index (χ1n) is 7.50. The molecule has 2 aromatic carbocycles. The highest BCUT2D eigenvalue weighted by molar-refractivity contribution is 9.10. The van der Waals surface area contributed by atoms with Crippen LogP contribution >= 0.6 is 27.7 Å². The van der Waals surface area contributed by atoms with E-state index in [9.17, 15) is 0 Å². The molecule has 24 heavy (non-hydrogen) atoms. The van der Waals surface area contributed by atoms with Gasteiger partial charge in [-0.3, -0.25) is 0 Å². The highest BCUT2D eigenvalue weighted by atomic mass is 79.9. The molecule has 1 heterocycles. The van der Waals surface area contributed by atoms with Crippen LogP contribution in [0.15, 0.2) is 52.1 Å². The summed E-state index contributed by atoms with van der Waals surface area (Å²) >= 11 is 5.19. The summed E-state index contributed by atoms with van der Waals surface area (Å²) in [5, 5.41) is 9.61. The summed E-state index contributed by atoms with van der Waals surface area (Å²) < 4.78 is 8.27. The van der Waals surface area contributed by atoms with Crippen LogP contribution < -0.4 is 4.74 Å². The second kappa shape index (κ2) is 7.40. The minimum atomic E-state index is 0.822. The fourth-order valence-electron chi connectivity index (χ4n) is 2.45. The lowest BCUT2D eigenvalue weighted by Crippen LogP contribution is -1.96. The first-order valence-corrected chi connectivity index (χ1v) is 9.28. The van der Waals surface area contributed by atoms with Crippen molar-refractivity contribution in [2.24, 2.45) is 7.05 Å². The zero-order valence-corrected chi connectivity index (χ0v) is 16.2. The summed E-state index contributed by atoms with van der Waals surface area (Å²) in [4.78, 5) is 0. The van der Waals surface area contributed by atoms with Gasteiger partial charge in [-0.05, 0) is 46.1 Å². The van der Waals surface area contributed by atoms with Crippen LogP contribution in [0.5, 0.6) is 5.75 Å². The average Bonchev–Trinajstić information content (AvgIpc) is 2.94. The van der Waals surface area contributed by atoms with Gasteiger partial charge >= 0.3 is 0 Å². The Morgan fingerprint density at radius 3 is 2.67 bits per heavy atom. The third-order valence-corrected chi connectivity index (χ3v) is 5.52. The van der Waals surface area contributed by atoms with Gasteiger partial charge in [0.15, 0.2) is 11.0 Å². The van der Waals surface area contributed by atoms with Gasteiger partial charge in [0.1, 0.15) is 5.75 Å². The zero-order valence-electron chi connectivity index (χ0n) is 13.8. The topological polar surface area (TPSA) is 39.9 Å². The fourth-order valence-corrected chi connectivity index (χ4v) is 3.89. The van der Waals surface area contributed by atoms with E-state index in [2.05, 4.69) is 57.3 Å². The summed E-state index contributed by atoms with van der Waals surface area (Å²) in [7, 11) is 3.68. The van der Waals surface area contributed by atoms with Crippen molar-refractivity contribution in [3.63, 3.8) is 0 Å². The van der Waals surface area contributed by atoms with Crippen LogP contribution in [0.4, 0.5) is 0 Å². The number of benzene rings is 2. The van der Waals surface area contributed by atoms with Gasteiger partial charge in [-0.25, -0.2) is 0 Å².